The molecular weight excluding hydrogens is 222 g/mol. The lowest BCUT2D eigenvalue weighted by Gasteiger charge is -2.16. The van der Waals surface area contributed by atoms with Crippen molar-refractivity contribution in [3.05, 3.63) is 41.3 Å². The van der Waals surface area contributed by atoms with E-state index in [0.29, 0.717) is 11.8 Å². The number of nitrogens with one attached hydrogen (secondary N) is 1. The van der Waals surface area contributed by atoms with E-state index >= 15 is 0 Å². The topological polar surface area (TPSA) is 32.6 Å². The third-order valence-electron chi connectivity index (χ3n) is 3.18. The quantitative estimate of drug-likeness (QED) is 0.826. The zero-order valence-electron chi connectivity index (χ0n) is 11.9. The van der Waals surface area contributed by atoms with Crippen LogP contribution in [0.4, 0.5) is 0 Å². The Balaban J connectivity index is 2.73. The van der Waals surface area contributed by atoms with E-state index in [0.717, 1.165) is 5.82 Å². The van der Waals surface area contributed by atoms with Crippen molar-refractivity contribution in [1.82, 2.24) is 10.2 Å². The number of H-pyrrole nitrogens is 1. The molecule has 0 aliphatic heterocycles. The van der Waals surface area contributed by atoms with Gasteiger partial charge in [-0.3, -0.25) is 0 Å². The first-order valence-corrected chi connectivity index (χ1v) is 6.57. The molecule has 0 aliphatic rings. The van der Waals surface area contributed by atoms with Gasteiger partial charge in [0.15, 0.2) is 0 Å². The fourth-order valence-corrected chi connectivity index (χ4v) is 2.29. The first-order valence-electron chi connectivity index (χ1n) is 6.57. The standard InChI is InChI=1S/C15H22N3/c1-10(2)13-8-12(5)9-14(11(3)4)18(13)15-6-7-16-17-15/h6-11H,1-5H3,(H,16,17)/q+1. The summed E-state index contributed by atoms with van der Waals surface area (Å²) in [4.78, 5) is 0. The van der Waals surface area contributed by atoms with Gasteiger partial charge in [0.25, 0.3) is 0 Å². The normalized spacial score (nSPS) is 11.5. The Labute approximate surface area is 109 Å². The van der Waals surface area contributed by atoms with E-state index in [1.807, 2.05) is 6.07 Å². The molecule has 0 amide bonds. The molecular formula is C15H22N3+. The number of rotatable bonds is 3. The maximum atomic E-state index is 4.08. The monoisotopic (exact) mass is 244 g/mol. The van der Waals surface area contributed by atoms with Crippen molar-refractivity contribution in [2.75, 3.05) is 0 Å². The molecule has 2 heterocycles. The average molecular weight is 244 g/mol. The molecule has 3 nitrogen and oxygen atoms in total. The molecule has 2 rings (SSSR count). The fraction of sp³-hybridized carbons (Fsp3) is 0.467. The molecule has 0 aliphatic carbocycles. The van der Waals surface area contributed by atoms with E-state index in [1.165, 1.54) is 17.0 Å². The van der Waals surface area contributed by atoms with Gasteiger partial charge in [-0.05, 0) is 24.6 Å². The number of aromatic nitrogens is 3. The van der Waals surface area contributed by atoms with E-state index in [2.05, 4.69) is 61.5 Å². The second-order valence-corrected chi connectivity index (χ2v) is 5.47. The molecule has 0 spiro atoms. The summed E-state index contributed by atoms with van der Waals surface area (Å²) in [5, 5.41) is 7.15. The second kappa shape index (κ2) is 4.92. The van der Waals surface area contributed by atoms with E-state index in [9.17, 15) is 0 Å². The minimum atomic E-state index is 0.477. The van der Waals surface area contributed by atoms with Gasteiger partial charge in [-0.25, -0.2) is 0 Å². The predicted molar refractivity (Wildman–Crippen MR) is 73.0 cm³/mol. The summed E-state index contributed by atoms with van der Waals surface area (Å²) in [6, 6.07) is 6.54. The number of aromatic amines is 1. The molecule has 2 aromatic rings. The van der Waals surface area contributed by atoms with Crippen molar-refractivity contribution in [1.29, 1.82) is 0 Å². The first kappa shape index (κ1) is 12.8. The molecule has 18 heavy (non-hydrogen) atoms. The van der Waals surface area contributed by atoms with Crippen LogP contribution >= 0.6 is 0 Å². The Hall–Kier alpha value is -1.64. The van der Waals surface area contributed by atoms with Gasteiger partial charge < -0.3 is 0 Å². The minimum absolute atomic E-state index is 0.477. The Morgan fingerprint density at radius 2 is 1.61 bits per heavy atom. The van der Waals surface area contributed by atoms with Crippen LogP contribution in [0.2, 0.25) is 0 Å². The van der Waals surface area contributed by atoms with Gasteiger partial charge in [0.05, 0.1) is 12.3 Å². The number of pyridine rings is 1. The van der Waals surface area contributed by atoms with Gasteiger partial charge >= 0.3 is 5.82 Å². The molecule has 0 saturated carbocycles. The van der Waals surface area contributed by atoms with Gasteiger partial charge in [-0.1, -0.05) is 32.8 Å². The second-order valence-electron chi connectivity index (χ2n) is 5.47. The summed E-state index contributed by atoms with van der Waals surface area (Å²) < 4.78 is 2.30. The largest absolute Gasteiger partial charge is 0.306 e. The lowest BCUT2D eigenvalue weighted by atomic mass is 10.0. The van der Waals surface area contributed by atoms with Crippen LogP contribution < -0.4 is 4.57 Å². The van der Waals surface area contributed by atoms with Crippen molar-refractivity contribution >= 4 is 0 Å². The number of hydrogen-bond acceptors (Lipinski definition) is 1. The molecule has 3 heteroatoms. The molecule has 0 saturated heterocycles. The highest BCUT2D eigenvalue weighted by atomic mass is 15.2. The van der Waals surface area contributed by atoms with Crippen molar-refractivity contribution in [2.45, 2.75) is 46.5 Å². The van der Waals surface area contributed by atoms with Gasteiger partial charge in [0.1, 0.15) is 11.4 Å². The van der Waals surface area contributed by atoms with Crippen molar-refractivity contribution in [3.63, 3.8) is 0 Å². The number of hydrogen-bond donors (Lipinski definition) is 1. The highest BCUT2D eigenvalue weighted by Gasteiger charge is 2.21. The SMILES string of the molecule is Cc1cc(C(C)C)[n+](-c2ccn[nH]2)c(C(C)C)c1. The molecule has 0 aromatic carbocycles. The Bertz CT molecular complexity index is 496. The molecule has 0 unspecified atom stereocenters. The van der Waals surface area contributed by atoms with E-state index in [1.54, 1.807) is 6.20 Å². The van der Waals surface area contributed by atoms with Gasteiger partial charge in [-0.2, -0.15) is 4.57 Å². The van der Waals surface area contributed by atoms with Crippen molar-refractivity contribution < 1.29 is 4.57 Å². The highest BCUT2D eigenvalue weighted by molar-refractivity contribution is 5.22. The highest BCUT2D eigenvalue weighted by Crippen LogP contribution is 2.19. The van der Waals surface area contributed by atoms with E-state index in [4.69, 9.17) is 0 Å². The van der Waals surface area contributed by atoms with Crippen LogP contribution in [0.15, 0.2) is 24.4 Å². The summed E-state index contributed by atoms with van der Waals surface area (Å²) in [7, 11) is 0. The Morgan fingerprint density at radius 1 is 1.06 bits per heavy atom. The van der Waals surface area contributed by atoms with Crippen LogP contribution in [0, 0.1) is 6.92 Å². The van der Waals surface area contributed by atoms with Gasteiger partial charge in [0.2, 0.25) is 0 Å². The molecule has 0 bridgehead atoms. The average Bonchev–Trinajstić information content (AvgIpc) is 2.80. The zero-order valence-corrected chi connectivity index (χ0v) is 11.9. The lowest BCUT2D eigenvalue weighted by Crippen LogP contribution is -2.42. The maximum absolute atomic E-state index is 4.08. The van der Waals surface area contributed by atoms with Crippen LogP contribution in [0.1, 0.15) is 56.5 Å². The van der Waals surface area contributed by atoms with Crippen LogP contribution in [-0.4, -0.2) is 10.2 Å². The van der Waals surface area contributed by atoms with Crippen LogP contribution in [-0.2, 0) is 0 Å². The van der Waals surface area contributed by atoms with Crippen molar-refractivity contribution in [2.24, 2.45) is 0 Å². The number of aryl methyl sites for hydroxylation is 1. The maximum Gasteiger partial charge on any atom is 0.306 e. The summed E-state index contributed by atoms with van der Waals surface area (Å²) in [5.41, 5.74) is 3.96. The van der Waals surface area contributed by atoms with E-state index in [-0.39, 0.29) is 0 Å². The van der Waals surface area contributed by atoms with Gasteiger partial charge in [0, 0.05) is 11.8 Å². The summed E-state index contributed by atoms with van der Waals surface area (Å²) in [6.07, 6.45) is 1.80. The van der Waals surface area contributed by atoms with Crippen LogP contribution in [0.25, 0.3) is 5.82 Å². The molecule has 96 valence electrons. The molecule has 0 fully saturated rings. The molecule has 0 atom stereocenters. The fourth-order valence-electron chi connectivity index (χ4n) is 2.29. The van der Waals surface area contributed by atoms with Crippen LogP contribution in [0.5, 0.6) is 0 Å². The Morgan fingerprint density at radius 3 is 2.00 bits per heavy atom. The minimum Gasteiger partial charge on any atom is -0.199 e. The summed E-state index contributed by atoms with van der Waals surface area (Å²) in [5.74, 6) is 2.00. The van der Waals surface area contributed by atoms with E-state index < -0.39 is 0 Å². The van der Waals surface area contributed by atoms with Crippen LogP contribution in [0.3, 0.4) is 0 Å². The first-order chi connectivity index (χ1) is 8.50. The molecule has 2 aromatic heterocycles. The lowest BCUT2D eigenvalue weighted by molar-refractivity contribution is -0.619. The summed E-state index contributed by atoms with van der Waals surface area (Å²) in [6.45, 7) is 11.1. The molecule has 0 radical (unpaired) electrons. The van der Waals surface area contributed by atoms with Crippen molar-refractivity contribution in [3.8, 4) is 5.82 Å². The summed E-state index contributed by atoms with van der Waals surface area (Å²) >= 11 is 0. The number of nitrogens with zero attached hydrogens (tertiary/aromatic N) is 2. The molecule has 1 N–H and O–H groups in total. The smallest absolute Gasteiger partial charge is 0.199 e. The zero-order chi connectivity index (χ0) is 13.3. The third-order valence-corrected chi connectivity index (χ3v) is 3.18. The predicted octanol–water partition coefficient (Wildman–Crippen LogP) is 3.24. The van der Waals surface area contributed by atoms with Gasteiger partial charge in [-0.15, -0.1) is 5.10 Å². The third kappa shape index (κ3) is 2.30. The Kier molecular flexibility index (Phi) is 3.50.